The van der Waals surface area contributed by atoms with Crippen LogP contribution in [0.15, 0.2) is 146 Å². The van der Waals surface area contributed by atoms with Gasteiger partial charge in [0.15, 0.2) is 6.10 Å². The van der Waals surface area contributed by atoms with Gasteiger partial charge in [0.1, 0.15) is 25.4 Å². The number of phosphoric acid groups is 2. The highest BCUT2D eigenvalue weighted by Gasteiger charge is 2.29. The monoisotopic (exact) mass is 1510 g/mol. The summed E-state index contributed by atoms with van der Waals surface area (Å²) in [7, 11) is -9.81. The van der Waals surface area contributed by atoms with Crippen molar-refractivity contribution in [1.82, 2.24) is 0 Å². The van der Waals surface area contributed by atoms with Gasteiger partial charge >= 0.3 is 33.6 Å². The van der Waals surface area contributed by atoms with Gasteiger partial charge in [-0.2, -0.15) is 0 Å². The van der Waals surface area contributed by atoms with E-state index in [-0.39, 0.29) is 19.3 Å². The second kappa shape index (κ2) is 79.0. The van der Waals surface area contributed by atoms with E-state index >= 15 is 0 Å². The molecule has 0 aromatic rings. The maximum Gasteiger partial charge on any atom is 0.472 e. The lowest BCUT2D eigenvalue weighted by Gasteiger charge is -2.21. The standard InChI is InChI=1S/C87H148O16P2/c1-4-7-10-13-16-19-22-25-28-31-34-36-37-38-39-40-41-42-43-45-48-49-52-55-58-61-64-67-70-73-85(90)97-76-82(88)77-99-104(93,94)100-78-83(89)79-101-105(95,96)102-81-84(103-87(92)75-72-69-66-63-60-57-54-51-46-33-30-27-24-21-18-15-12-9-6-3)80-98-86(91)74-71-68-65-62-59-56-53-50-47-44-35-32-29-26-23-20-17-14-11-8-5-2/h8,11,16-21,25-30,34-36,38-39,44,46,50-51,53,82-84,88-89H,4-7,9-10,12-15,22-24,31-33,37,40-43,45,47-49,52,54-81H2,1-3H3,(H,93,94)(H,95,96)/b11-8-,19-16-,20-17-,21-18-,28-25-,29-26-,30-27-,36-34-,39-38-,44-35-,51-46-,53-50-. The first-order valence-electron chi connectivity index (χ1n) is 41.1. The van der Waals surface area contributed by atoms with E-state index in [1.807, 2.05) is 0 Å². The van der Waals surface area contributed by atoms with Crippen molar-refractivity contribution in [3.63, 3.8) is 0 Å². The summed E-state index contributed by atoms with van der Waals surface area (Å²) in [6, 6.07) is 0. The highest BCUT2D eigenvalue weighted by molar-refractivity contribution is 7.47. The van der Waals surface area contributed by atoms with Gasteiger partial charge in [0.05, 0.1) is 26.4 Å². The normalized spacial score (nSPS) is 14.7. The number of aliphatic hydroxyl groups excluding tert-OH is 2. The molecule has 0 aromatic carbocycles. The molecule has 5 atom stereocenters. The van der Waals surface area contributed by atoms with Gasteiger partial charge in [-0.3, -0.25) is 32.5 Å². The van der Waals surface area contributed by atoms with E-state index in [1.54, 1.807) is 0 Å². The summed E-state index contributed by atoms with van der Waals surface area (Å²) < 4.78 is 61.2. The molecule has 16 nitrogen and oxygen atoms in total. The predicted molar refractivity (Wildman–Crippen MR) is 436 cm³/mol. The summed E-state index contributed by atoms with van der Waals surface area (Å²) in [6.45, 7) is 2.49. The molecular weight excluding hydrogens is 1360 g/mol. The Labute approximate surface area is 638 Å². The molecule has 4 N–H and O–H groups in total. The smallest absolute Gasteiger partial charge is 0.463 e. The number of unbranched alkanes of at least 4 members (excludes halogenated alkanes) is 30. The highest BCUT2D eigenvalue weighted by Crippen LogP contribution is 2.45. The lowest BCUT2D eigenvalue weighted by Crippen LogP contribution is -2.30. The number of phosphoric ester groups is 2. The van der Waals surface area contributed by atoms with E-state index in [0.717, 1.165) is 167 Å². The summed E-state index contributed by atoms with van der Waals surface area (Å²) in [5, 5.41) is 20.7. The summed E-state index contributed by atoms with van der Waals surface area (Å²) in [5.41, 5.74) is 0. The van der Waals surface area contributed by atoms with E-state index in [4.69, 9.17) is 32.3 Å². The Morgan fingerprint density at radius 3 is 0.800 bits per heavy atom. The topological polar surface area (TPSA) is 231 Å². The van der Waals surface area contributed by atoms with E-state index in [1.165, 1.54) is 103 Å². The minimum atomic E-state index is -4.95. The fourth-order valence-corrected chi connectivity index (χ4v) is 12.4. The van der Waals surface area contributed by atoms with Gasteiger partial charge in [-0.25, -0.2) is 9.13 Å². The molecule has 0 bridgehead atoms. The molecule has 0 aliphatic carbocycles. The summed E-state index contributed by atoms with van der Waals surface area (Å²) in [5.74, 6) is -1.61. The average Bonchev–Trinajstić information content (AvgIpc) is 0.923. The molecule has 0 amide bonds. The molecule has 5 unspecified atom stereocenters. The molecule has 0 aliphatic rings. The summed E-state index contributed by atoms with van der Waals surface area (Å²) >= 11 is 0. The maximum atomic E-state index is 13.0. The minimum absolute atomic E-state index is 0.0813. The first-order valence-corrected chi connectivity index (χ1v) is 44.1. The zero-order valence-electron chi connectivity index (χ0n) is 65.9. The van der Waals surface area contributed by atoms with Crippen molar-refractivity contribution in [3.05, 3.63) is 146 Å². The minimum Gasteiger partial charge on any atom is -0.463 e. The van der Waals surface area contributed by atoms with Crippen LogP contribution in [-0.4, -0.2) is 95.9 Å². The lowest BCUT2D eigenvalue weighted by atomic mass is 10.0. The second-order valence-electron chi connectivity index (χ2n) is 27.2. The Hall–Kier alpha value is -4.57. The maximum absolute atomic E-state index is 13.0. The van der Waals surface area contributed by atoms with Crippen LogP contribution in [0.25, 0.3) is 0 Å². The number of carbonyl (C=O) groups excluding carboxylic acids is 3. The second-order valence-corrected chi connectivity index (χ2v) is 30.1. The molecule has 18 heteroatoms. The number of rotatable bonds is 77. The highest BCUT2D eigenvalue weighted by atomic mass is 31.2. The third kappa shape index (κ3) is 80.3. The van der Waals surface area contributed by atoms with Crippen molar-refractivity contribution in [2.45, 2.75) is 347 Å². The molecule has 0 saturated heterocycles. The number of hydrogen-bond acceptors (Lipinski definition) is 14. The zero-order valence-corrected chi connectivity index (χ0v) is 67.6. The van der Waals surface area contributed by atoms with Gasteiger partial charge in [-0.1, -0.05) is 308 Å². The molecule has 602 valence electrons. The van der Waals surface area contributed by atoms with Gasteiger partial charge in [-0.15, -0.1) is 0 Å². The SMILES string of the molecule is CC/C=C\C/C=C\C/C=C\C/C=C\C/C=C\CCCCCCCC(=O)OCC(COP(=O)(O)OCC(O)COP(=O)(O)OCC(O)COC(=O)CCCCCCCCCCCCCCC/C=C\C/C=C\C/C=C\C/C=C\CCCCC)OC(=O)CCCCCCCC/C=C\C/C=C\C/C=C\CCCCC. The van der Waals surface area contributed by atoms with Crippen LogP contribution < -0.4 is 0 Å². The van der Waals surface area contributed by atoms with Gasteiger partial charge in [0, 0.05) is 19.3 Å². The molecule has 0 saturated carbocycles. The van der Waals surface area contributed by atoms with Crippen molar-refractivity contribution < 1.29 is 75.8 Å². The largest absolute Gasteiger partial charge is 0.472 e. The number of aliphatic hydroxyl groups is 2. The van der Waals surface area contributed by atoms with Crippen molar-refractivity contribution >= 4 is 33.6 Å². The van der Waals surface area contributed by atoms with Crippen molar-refractivity contribution in [1.29, 1.82) is 0 Å². The number of carbonyl (C=O) groups is 3. The molecule has 0 fully saturated rings. The lowest BCUT2D eigenvalue weighted by molar-refractivity contribution is -0.161. The van der Waals surface area contributed by atoms with Crippen LogP contribution in [0, 0.1) is 0 Å². The molecule has 0 rings (SSSR count). The summed E-state index contributed by atoms with van der Waals surface area (Å²) in [4.78, 5) is 58.8. The molecule has 0 aliphatic heterocycles. The van der Waals surface area contributed by atoms with Gasteiger partial charge in [-0.05, 0) is 148 Å². The van der Waals surface area contributed by atoms with E-state index in [9.17, 15) is 43.5 Å². The number of allylic oxidation sites excluding steroid dienone is 24. The Balaban J connectivity index is 4.61. The quantitative estimate of drug-likeness (QED) is 0.0146. The molecule has 105 heavy (non-hydrogen) atoms. The van der Waals surface area contributed by atoms with Crippen LogP contribution in [-0.2, 0) is 55.8 Å². The Morgan fingerprint density at radius 2 is 0.505 bits per heavy atom. The van der Waals surface area contributed by atoms with Crippen LogP contribution in [0.4, 0.5) is 0 Å². The Morgan fingerprint density at radius 1 is 0.276 bits per heavy atom. The van der Waals surface area contributed by atoms with Gasteiger partial charge in [0.25, 0.3) is 0 Å². The first kappa shape index (κ1) is 100. The van der Waals surface area contributed by atoms with Crippen LogP contribution >= 0.6 is 15.6 Å². The predicted octanol–water partition coefficient (Wildman–Crippen LogP) is 24.4. The zero-order chi connectivity index (χ0) is 76.6. The van der Waals surface area contributed by atoms with E-state index in [2.05, 4.69) is 167 Å². The molecule has 0 heterocycles. The Kier molecular flexibility index (Phi) is 75.6. The third-order valence-electron chi connectivity index (χ3n) is 17.0. The molecule has 0 aromatic heterocycles. The number of hydrogen-bond donors (Lipinski definition) is 4. The van der Waals surface area contributed by atoms with Crippen LogP contribution in [0.1, 0.15) is 329 Å². The number of ether oxygens (including phenoxy) is 3. The van der Waals surface area contributed by atoms with Crippen molar-refractivity contribution in [3.8, 4) is 0 Å². The van der Waals surface area contributed by atoms with Gasteiger partial charge in [0.2, 0.25) is 0 Å². The Bertz CT molecular complexity index is 2490. The van der Waals surface area contributed by atoms with Crippen molar-refractivity contribution in [2.75, 3.05) is 39.6 Å². The molecule has 0 radical (unpaired) electrons. The first-order chi connectivity index (χ1) is 51.2. The average molecular weight is 1510 g/mol. The van der Waals surface area contributed by atoms with Gasteiger partial charge < -0.3 is 34.2 Å². The van der Waals surface area contributed by atoms with Crippen LogP contribution in [0.3, 0.4) is 0 Å². The molecular formula is C87H148O16P2. The van der Waals surface area contributed by atoms with Crippen LogP contribution in [0.5, 0.6) is 0 Å². The third-order valence-corrected chi connectivity index (χ3v) is 18.9. The molecule has 0 spiro atoms. The van der Waals surface area contributed by atoms with E-state index in [0.29, 0.717) is 19.3 Å². The fourth-order valence-electron chi connectivity index (χ4n) is 10.8. The number of esters is 3. The van der Waals surface area contributed by atoms with E-state index < -0.39 is 91.5 Å². The summed E-state index contributed by atoms with van der Waals surface area (Å²) in [6.07, 6.45) is 97.4. The van der Waals surface area contributed by atoms with Crippen molar-refractivity contribution in [2.24, 2.45) is 0 Å². The van der Waals surface area contributed by atoms with Crippen LogP contribution in [0.2, 0.25) is 0 Å². The fraction of sp³-hybridized carbons (Fsp3) is 0.690.